The third-order valence-electron chi connectivity index (χ3n) is 3.97. The zero-order valence-corrected chi connectivity index (χ0v) is 11.7. The van der Waals surface area contributed by atoms with Gasteiger partial charge in [-0.2, -0.15) is 15.0 Å². The fraction of sp³-hybridized carbons (Fsp3) is 0.357. The summed E-state index contributed by atoms with van der Waals surface area (Å²) in [6.45, 7) is 1.53. The van der Waals surface area contributed by atoms with E-state index in [1.807, 2.05) is 0 Å². The minimum atomic E-state index is -0.387. The highest BCUT2D eigenvalue weighted by Gasteiger charge is 2.54. The molecule has 2 fully saturated rings. The molecule has 1 saturated heterocycles. The normalized spacial score (nSPS) is 26.5. The van der Waals surface area contributed by atoms with Crippen LogP contribution in [0.3, 0.4) is 0 Å². The van der Waals surface area contributed by atoms with Crippen molar-refractivity contribution in [3.8, 4) is 11.4 Å². The molecule has 0 amide bonds. The van der Waals surface area contributed by atoms with Gasteiger partial charge in [0.1, 0.15) is 5.82 Å². The predicted molar refractivity (Wildman–Crippen MR) is 75.4 cm³/mol. The molecule has 3 atom stereocenters. The van der Waals surface area contributed by atoms with Crippen molar-refractivity contribution in [2.75, 3.05) is 18.5 Å². The molecule has 0 bridgehead atoms. The highest BCUT2D eigenvalue weighted by Crippen LogP contribution is 2.45. The van der Waals surface area contributed by atoms with Crippen molar-refractivity contribution in [2.24, 2.45) is 11.8 Å². The third kappa shape index (κ3) is 2.34. The van der Waals surface area contributed by atoms with Gasteiger partial charge in [-0.3, -0.25) is 0 Å². The standard InChI is InChI=1S/C14H12ClFN4O/c15-13-18-12(7-3-1-2-4-10(7)16)19-14(20-13)17-11-8-5-21-6-9(8)11/h1-4,8-9,11H,5-6H2,(H,17,18,19,20)/t8-,9+,11+. The minimum absolute atomic E-state index is 0.0489. The smallest absolute Gasteiger partial charge is 0.227 e. The molecule has 2 aliphatic rings. The highest BCUT2D eigenvalue weighted by atomic mass is 35.5. The molecular weight excluding hydrogens is 295 g/mol. The Balaban J connectivity index is 1.62. The summed E-state index contributed by atoms with van der Waals surface area (Å²) in [5, 5.41) is 3.29. The molecule has 1 aliphatic heterocycles. The van der Waals surface area contributed by atoms with Crippen molar-refractivity contribution in [3.05, 3.63) is 35.4 Å². The van der Waals surface area contributed by atoms with E-state index in [2.05, 4.69) is 20.3 Å². The number of rotatable bonds is 3. The molecule has 5 nitrogen and oxygen atoms in total. The molecule has 1 saturated carbocycles. The fourth-order valence-corrected chi connectivity index (χ4v) is 2.94. The van der Waals surface area contributed by atoms with Crippen molar-refractivity contribution in [1.29, 1.82) is 0 Å². The van der Waals surface area contributed by atoms with Crippen LogP contribution < -0.4 is 5.32 Å². The zero-order valence-electron chi connectivity index (χ0n) is 11.0. The van der Waals surface area contributed by atoms with Gasteiger partial charge >= 0.3 is 0 Å². The van der Waals surface area contributed by atoms with Crippen LogP contribution in [0, 0.1) is 17.7 Å². The second-order valence-corrected chi connectivity index (χ2v) is 5.60. The van der Waals surface area contributed by atoms with E-state index in [-0.39, 0.29) is 16.9 Å². The molecule has 108 valence electrons. The molecule has 1 aliphatic carbocycles. The number of anilines is 1. The first kappa shape index (κ1) is 12.9. The summed E-state index contributed by atoms with van der Waals surface area (Å²) in [6, 6.07) is 6.64. The lowest BCUT2D eigenvalue weighted by Gasteiger charge is -2.09. The summed E-state index contributed by atoms with van der Waals surface area (Å²) in [5.41, 5.74) is 0.309. The summed E-state index contributed by atoms with van der Waals surface area (Å²) in [4.78, 5) is 12.3. The van der Waals surface area contributed by atoms with Gasteiger partial charge in [0.25, 0.3) is 0 Å². The Bertz CT molecular complexity index is 688. The SMILES string of the molecule is Fc1ccccc1-c1nc(Cl)nc(N[C@H]2[C@@H]3COC[C@@H]32)n1. The first-order chi connectivity index (χ1) is 10.2. The van der Waals surface area contributed by atoms with E-state index in [1.165, 1.54) is 6.07 Å². The number of aromatic nitrogens is 3. The Labute approximate surface area is 125 Å². The number of halogens is 2. The van der Waals surface area contributed by atoms with Crippen molar-refractivity contribution in [3.63, 3.8) is 0 Å². The lowest BCUT2D eigenvalue weighted by Crippen LogP contribution is -2.15. The molecule has 4 rings (SSSR count). The second-order valence-electron chi connectivity index (χ2n) is 5.27. The average Bonchev–Trinajstić information content (AvgIpc) is 2.90. The minimum Gasteiger partial charge on any atom is -0.381 e. The largest absolute Gasteiger partial charge is 0.381 e. The third-order valence-corrected chi connectivity index (χ3v) is 4.14. The molecule has 2 aromatic rings. The van der Waals surface area contributed by atoms with Gasteiger partial charge in [-0.15, -0.1) is 0 Å². The van der Waals surface area contributed by atoms with Crippen molar-refractivity contribution < 1.29 is 9.13 Å². The van der Waals surface area contributed by atoms with Crippen LogP contribution >= 0.6 is 11.6 Å². The van der Waals surface area contributed by atoms with Gasteiger partial charge in [0.2, 0.25) is 11.2 Å². The molecule has 2 heterocycles. The maximum Gasteiger partial charge on any atom is 0.227 e. The van der Waals surface area contributed by atoms with Gasteiger partial charge in [0, 0.05) is 17.9 Å². The number of fused-ring (bicyclic) bond motifs is 1. The Morgan fingerprint density at radius 2 is 1.90 bits per heavy atom. The Morgan fingerprint density at radius 1 is 1.14 bits per heavy atom. The molecule has 0 spiro atoms. The summed E-state index contributed by atoms with van der Waals surface area (Å²) in [7, 11) is 0. The predicted octanol–water partition coefficient (Wildman–Crippen LogP) is 2.39. The van der Waals surface area contributed by atoms with Gasteiger partial charge in [-0.1, -0.05) is 12.1 Å². The van der Waals surface area contributed by atoms with E-state index in [4.69, 9.17) is 16.3 Å². The Hall–Kier alpha value is -1.79. The fourth-order valence-electron chi connectivity index (χ4n) is 2.78. The molecule has 1 N–H and O–H groups in total. The molecule has 1 aromatic heterocycles. The molecule has 0 radical (unpaired) electrons. The van der Waals surface area contributed by atoms with E-state index in [0.717, 1.165) is 13.2 Å². The number of nitrogens with one attached hydrogen (secondary N) is 1. The van der Waals surface area contributed by atoms with E-state index >= 15 is 0 Å². The van der Waals surface area contributed by atoms with Gasteiger partial charge in [0.05, 0.1) is 18.8 Å². The van der Waals surface area contributed by atoms with Crippen LogP contribution in [0.1, 0.15) is 0 Å². The molecule has 21 heavy (non-hydrogen) atoms. The van der Waals surface area contributed by atoms with E-state index in [9.17, 15) is 4.39 Å². The summed E-state index contributed by atoms with van der Waals surface area (Å²) < 4.78 is 19.2. The first-order valence-electron chi connectivity index (χ1n) is 6.73. The summed E-state index contributed by atoms with van der Waals surface area (Å²) in [6.07, 6.45) is 0. The molecule has 7 heteroatoms. The Kier molecular flexibility index (Phi) is 3.01. The Morgan fingerprint density at radius 3 is 2.67 bits per heavy atom. The quantitative estimate of drug-likeness (QED) is 0.943. The van der Waals surface area contributed by atoms with Crippen LogP contribution in [-0.2, 0) is 4.74 Å². The van der Waals surface area contributed by atoms with E-state index < -0.39 is 0 Å². The topological polar surface area (TPSA) is 59.9 Å². The van der Waals surface area contributed by atoms with E-state index in [1.54, 1.807) is 18.2 Å². The number of ether oxygens (including phenoxy) is 1. The number of hydrogen-bond acceptors (Lipinski definition) is 5. The van der Waals surface area contributed by atoms with Crippen LogP contribution in [0.4, 0.5) is 10.3 Å². The van der Waals surface area contributed by atoms with Gasteiger partial charge in [0.15, 0.2) is 5.82 Å². The van der Waals surface area contributed by atoms with Crippen LogP contribution in [0.5, 0.6) is 0 Å². The maximum atomic E-state index is 13.8. The number of hydrogen-bond donors (Lipinski definition) is 1. The van der Waals surface area contributed by atoms with Crippen molar-refractivity contribution in [2.45, 2.75) is 6.04 Å². The van der Waals surface area contributed by atoms with Crippen LogP contribution in [0.15, 0.2) is 24.3 Å². The monoisotopic (exact) mass is 306 g/mol. The number of nitrogens with zero attached hydrogens (tertiary/aromatic N) is 3. The van der Waals surface area contributed by atoms with Crippen LogP contribution in [0.25, 0.3) is 11.4 Å². The summed E-state index contributed by atoms with van der Waals surface area (Å²) in [5.74, 6) is 1.25. The molecular formula is C14H12ClFN4O. The van der Waals surface area contributed by atoms with E-state index in [0.29, 0.717) is 29.4 Å². The van der Waals surface area contributed by atoms with Gasteiger partial charge < -0.3 is 10.1 Å². The summed E-state index contributed by atoms with van der Waals surface area (Å²) >= 11 is 5.93. The highest BCUT2D eigenvalue weighted by molar-refractivity contribution is 6.28. The molecule has 0 unspecified atom stereocenters. The van der Waals surface area contributed by atoms with Crippen LogP contribution in [0.2, 0.25) is 5.28 Å². The number of benzene rings is 1. The van der Waals surface area contributed by atoms with Crippen molar-refractivity contribution >= 4 is 17.5 Å². The second kappa shape index (κ2) is 4.89. The van der Waals surface area contributed by atoms with Crippen molar-refractivity contribution in [1.82, 2.24) is 15.0 Å². The average molecular weight is 307 g/mol. The van der Waals surface area contributed by atoms with Gasteiger partial charge in [-0.25, -0.2) is 4.39 Å². The van der Waals surface area contributed by atoms with Gasteiger partial charge in [-0.05, 0) is 23.7 Å². The first-order valence-corrected chi connectivity index (χ1v) is 7.11. The maximum absolute atomic E-state index is 13.8. The lowest BCUT2D eigenvalue weighted by molar-refractivity contribution is 0.162. The lowest BCUT2D eigenvalue weighted by atomic mass is 10.2. The molecule has 1 aromatic carbocycles. The van der Waals surface area contributed by atoms with Crippen LogP contribution in [-0.4, -0.2) is 34.2 Å². The zero-order chi connectivity index (χ0) is 14.4.